The molecule has 0 saturated carbocycles. The molecule has 6 nitrogen and oxygen atoms in total. The lowest BCUT2D eigenvalue weighted by Crippen LogP contribution is -2.20. The smallest absolute Gasteiger partial charge is 0.262 e. The predicted octanol–water partition coefficient (Wildman–Crippen LogP) is 2.67. The van der Waals surface area contributed by atoms with Gasteiger partial charge in [-0.15, -0.1) is 0 Å². The van der Waals surface area contributed by atoms with Crippen LogP contribution in [-0.4, -0.2) is 29.0 Å². The maximum absolute atomic E-state index is 12.0. The zero-order valence-corrected chi connectivity index (χ0v) is 12.9. The van der Waals surface area contributed by atoms with Crippen LogP contribution in [0.3, 0.4) is 0 Å². The van der Waals surface area contributed by atoms with Crippen molar-refractivity contribution in [3.8, 4) is 11.5 Å². The quantitative estimate of drug-likeness (QED) is 0.787. The SMILES string of the molecule is COc1cccc(OCC(=O)Nc2ccc3nc(C)cn3c2)c1. The standard InChI is InChI=1S/C17H17N3O3/c1-12-9-20-10-13(6-7-16(20)18-12)19-17(21)11-23-15-5-3-4-14(8-15)22-2/h3-10H,11H2,1-2H3,(H,19,21). The second-order valence-electron chi connectivity index (χ2n) is 5.08. The number of fused-ring (bicyclic) bond motifs is 1. The number of pyridine rings is 1. The molecule has 0 aliphatic carbocycles. The predicted molar refractivity (Wildman–Crippen MR) is 87.0 cm³/mol. The number of nitrogens with one attached hydrogen (secondary N) is 1. The third kappa shape index (κ3) is 3.60. The van der Waals surface area contributed by atoms with E-state index in [9.17, 15) is 4.79 Å². The van der Waals surface area contributed by atoms with E-state index in [0.29, 0.717) is 17.2 Å². The molecule has 0 saturated heterocycles. The van der Waals surface area contributed by atoms with Crippen LogP contribution in [0.2, 0.25) is 0 Å². The van der Waals surface area contributed by atoms with Crippen LogP contribution in [0.1, 0.15) is 5.69 Å². The summed E-state index contributed by atoms with van der Waals surface area (Å²) in [7, 11) is 1.58. The Bertz CT molecular complexity index is 842. The van der Waals surface area contributed by atoms with Crippen LogP contribution < -0.4 is 14.8 Å². The molecule has 3 rings (SSSR count). The molecule has 0 aliphatic heterocycles. The summed E-state index contributed by atoms with van der Waals surface area (Å²) in [5, 5.41) is 2.80. The van der Waals surface area contributed by atoms with Crippen molar-refractivity contribution in [1.29, 1.82) is 0 Å². The van der Waals surface area contributed by atoms with Gasteiger partial charge in [-0.05, 0) is 31.2 Å². The zero-order valence-electron chi connectivity index (χ0n) is 12.9. The van der Waals surface area contributed by atoms with Gasteiger partial charge in [0, 0.05) is 18.5 Å². The summed E-state index contributed by atoms with van der Waals surface area (Å²) in [5.74, 6) is 1.04. The number of aryl methyl sites for hydroxylation is 1. The van der Waals surface area contributed by atoms with Gasteiger partial charge in [-0.1, -0.05) is 6.07 Å². The topological polar surface area (TPSA) is 64.9 Å². The molecular weight excluding hydrogens is 294 g/mol. The fourth-order valence-electron chi connectivity index (χ4n) is 2.23. The van der Waals surface area contributed by atoms with Crippen LogP contribution in [0.5, 0.6) is 11.5 Å². The van der Waals surface area contributed by atoms with E-state index in [4.69, 9.17) is 9.47 Å². The third-order valence-corrected chi connectivity index (χ3v) is 3.27. The molecular formula is C17H17N3O3. The Morgan fingerprint density at radius 2 is 2.04 bits per heavy atom. The number of hydrogen-bond donors (Lipinski definition) is 1. The number of benzene rings is 1. The Labute approximate surface area is 133 Å². The molecule has 1 N–H and O–H groups in total. The zero-order chi connectivity index (χ0) is 16.2. The van der Waals surface area contributed by atoms with Crippen LogP contribution in [0.4, 0.5) is 5.69 Å². The van der Waals surface area contributed by atoms with Crippen LogP contribution in [0, 0.1) is 6.92 Å². The van der Waals surface area contributed by atoms with E-state index < -0.39 is 0 Å². The number of ether oxygens (including phenoxy) is 2. The first-order chi connectivity index (χ1) is 11.1. The minimum absolute atomic E-state index is 0.0752. The largest absolute Gasteiger partial charge is 0.497 e. The monoisotopic (exact) mass is 311 g/mol. The Morgan fingerprint density at radius 1 is 1.22 bits per heavy atom. The van der Waals surface area contributed by atoms with Crippen LogP contribution >= 0.6 is 0 Å². The Balaban J connectivity index is 1.61. The highest BCUT2D eigenvalue weighted by molar-refractivity contribution is 5.91. The maximum atomic E-state index is 12.0. The number of imidazole rings is 1. The number of carbonyl (C=O) groups is 1. The van der Waals surface area contributed by atoms with Gasteiger partial charge in [0.2, 0.25) is 0 Å². The molecule has 1 amide bonds. The van der Waals surface area contributed by atoms with E-state index in [1.807, 2.05) is 41.9 Å². The van der Waals surface area contributed by atoms with Gasteiger partial charge in [0.1, 0.15) is 17.1 Å². The number of methoxy groups -OCH3 is 1. The van der Waals surface area contributed by atoms with Gasteiger partial charge in [-0.3, -0.25) is 4.79 Å². The molecule has 118 valence electrons. The van der Waals surface area contributed by atoms with Crippen LogP contribution in [-0.2, 0) is 4.79 Å². The maximum Gasteiger partial charge on any atom is 0.262 e. The molecule has 1 aromatic carbocycles. The van der Waals surface area contributed by atoms with Crippen molar-refractivity contribution < 1.29 is 14.3 Å². The Hall–Kier alpha value is -3.02. The van der Waals surface area contributed by atoms with E-state index in [-0.39, 0.29) is 12.5 Å². The fourth-order valence-corrected chi connectivity index (χ4v) is 2.23. The van der Waals surface area contributed by atoms with Crippen molar-refractivity contribution >= 4 is 17.2 Å². The van der Waals surface area contributed by atoms with Gasteiger partial charge in [-0.25, -0.2) is 4.98 Å². The lowest BCUT2D eigenvalue weighted by Gasteiger charge is -2.08. The van der Waals surface area contributed by atoms with E-state index in [0.717, 1.165) is 11.3 Å². The fraction of sp³-hybridized carbons (Fsp3) is 0.176. The summed E-state index contributed by atoms with van der Waals surface area (Å²) in [6, 6.07) is 10.8. The van der Waals surface area contributed by atoms with Gasteiger partial charge < -0.3 is 19.2 Å². The van der Waals surface area contributed by atoms with Crippen molar-refractivity contribution in [2.45, 2.75) is 6.92 Å². The summed E-state index contributed by atoms with van der Waals surface area (Å²) >= 11 is 0. The summed E-state index contributed by atoms with van der Waals surface area (Å²) < 4.78 is 12.4. The van der Waals surface area contributed by atoms with Crippen LogP contribution in [0.25, 0.3) is 5.65 Å². The number of hydrogen-bond acceptors (Lipinski definition) is 4. The van der Waals surface area contributed by atoms with Gasteiger partial charge in [0.25, 0.3) is 5.91 Å². The average molecular weight is 311 g/mol. The molecule has 0 spiro atoms. The second-order valence-corrected chi connectivity index (χ2v) is 5.08. The molecule has 2 aromatic heterocycles. The molecule has 23 heavy (non-hydrogen) atoms. The molecule has 0 atom stereocenters. The molecule has 6 heteroatoms. The molecule has 0 unspecified atom stereocenters. The number of carbonyl (C=O) groups excluding carboxylic acids is 1. The highest BCUT2D eigenvalue weighted by Crippen LogP contribution is 2.19. The van der Waals surface area contributed by atoms with E-state index in [1.165, 1.54) is 0 Å². The van der Waals surface area contributed by atoms with E-state index >= 15 is 0 Å². The van der Waals surface area contributed by atoms with Crippen LogP contribution in [0.15, 0.2) is 48.8 Å². The molecule has 2 heterocycles. The van der Waals surface area contributed by atoms with E-state index in [2.05, 4.69) is 10.3 Å². The first kappa shape index (κ1) is 14.9. The van der Waals surface area contributed by atoms with Gasteiger partial charge >= 0.3 is 0 Å². The molecule has 0 radical (unpaired) electrons. The first-order valence-electron chi connectivity index (χ1n) is 7.16. The normalized spacial score (nSPS) is 10.5. The van der Waals surface area contributed by atoms with Crippen molar-refractivity contribution in [3.05, 3.63) is 54.5 Å². The average Bonchev–Trinajstić information content (AvgIpc) is 2.92. The van der Waals surface area contributed by atoms with E-state index in [1.54, 1.807) is 25.3 Å². The summed E-state index contributed by atoms with van der Waals surface area (Å²) in [6.45, 7) is 1.85. The summed E-state index contributed by atoms with van der Waals surface area (Å²) in [5.41, 5.74) is 2.46. The second kappa shape index (κ2) is 6.39. The lowest BCUT2D eigenvalue weighted by molar-refractivity contribution is -0.118. The first-order valence-corrected chi connectivity index (χ1v) is 7.16. The number of anilines is 1. The lowest BCUT2D eigenvalue weighted by atomic mass is 10.3. The Kier molecular flexibility index (Phi) is 4.14. The van der Waals surface area contributed by atoms with Crippen molar-refractivity contribution in [2.75, 3.05) is 19.0 Å². The molecule has 0 aliphatic rings. The van der Waals surface area contributed by atoms with Crippen molar-refractivity contribution in [1.82, 2.24) is 9.38 Å². The van der Waals surface area contributed by atoms with Crippen molar-refractivity contribution in [3.63, 3.8) is 0 Å². The van der Waals surface area contributed by atoms with Gasteiger partial charge in [0.05, 0.1) is 18.5 Å². The highest BCUT2D eigenvalue weighted by atomic mass is 16.5. The summed E-state index contributed by atoms with van der Waals surface area (Å²) in [6.07, 6.45) is 3.72. The minimum atomic E-state index is -0.232. The molecule has 0 fully saturated rings. The van der Waals surface area contributed by atoms with Gasteiger partial charge in [0.15, 0.2) is 6.61 Å². The third-order valence-electron chi connectivity index (χ3n) is 3.27. The number of rotatable bonds is 5. The molecule has 3 aromatic rings. The number of amides is 1. The summed E-state index contributed by atoms with van der Waals surface area (Å²) in [4.78, 5) is 16.3. The number of aromatic nitrogens is 2. The molecule has 0 bridgehead atoms. The van der Waals surface area contributed by atoms with Crippen molar-refractivity contribution in [2.24, 2.45) is 0 Å². The van der Waals surface area contributed by atoms with Gasteiger partial charge in [-0.2, -0.15) is 0 Å². The number of nitrogens with zero attached hydrogens (tertiary/aromatic N) is 2. The highest BCUT2D eigenvalue weighted by Gasteiger charge is 2.06. The Morgan fingerprint density at radius 3 is 2.87 bits per heavy atom. The minimum Gasteiger partial charge on any atom is -0.497 e.